The van der Waals surface area contributed by atoms with E-state index < -0.39 is 5.91 Å². The van der Waals surface area contributed by atoms with E-state index in [4.69, 9.17) is 16.2 Å². The Bertz CT molecular complexity index is 565. The number of pyridine rings is 1. The summed E-state index contributed by atoms with van der Waals surface area (Å²) in [5.74, 6) is -0.375. The largest absolute Gasteiger partial charge is 0.384 e. The number of nitrogens with zero attached hydrogens (tertiary/aromatic N) is 2. The minimum atomic E-state index is -0.435. The number of rotatable bonds is 3. The molecule has 1 heterocycles. The van der Waals surface area contributed by atoms with E-state index in [1.165, 1.54) is 0 Å². The number of aromatic nitrogens is 1. The third-order valence-electron chi connectivity index (χ3n) is 3.79. The molecule has 1 aromatic heterocycles. The first-order valence-electron chi connectivity index (χ1n) is 7.16. The Morgan fingerprint density at radius 3 is 2.90 bits per heavy atom. The second-order valence-corrected chi connectivity index (χ2v) is 5.41. The van der Waals surface area contributed by atoms with Crippen LogP contribution in [0.2, 0.25) is 0 Å². The van der Waals surface area contributed by atoms with Crippen molar-refractivity contribution in [3.05, 3.63) is 28.6 Å². The molecule has 6 heteroatoms. The Kier molecular flexibility index (Phi) is 4.90. The molecule has 0 saturated heterocycles. The highest BCUT2D eigenvalue weighted by Gasteiger charge is 2.23. The number of carbonyl (C=O) groups excluding carboxylic acids is 1. The van der Waals surface area contributed by atoms with E-state index in [2.05, 4.69) is 9.98 Å². The number of ether oxygens (including phenoxy) is 1. The van der Waals surface area contributed by atoms with E-state index in [1.54, 1.807) is 7.11 Å². The maximum Gasteiger partial charge on any atom is 0.282 e. The van der Waals surface area contributed by atoms with Crippen LogP contribution < -0.4 is 11.5 Å². The van der Waals surface area contributed by atoms with Crippen LogP contribution in [-0.2, 0) is 11.2 Å². The monoisotopic (exact) mass is 290 g/mol. The summed E-state index contributed by atoms with van der Waals surface area (Å²) < 4.78 is 5.30. The van der Waals surface area contributed by atoms with Gasteiger partial charge >= 0.3 is 0 Å². The SMILES string of the molecule is COCC1CCCCc2cc(C(=O)N=C(N)N)c(C)nc21. The van der Waals surface area contributed by atoms with Gasteiger partial charge in [-0.1, -0.05) is 6.42 Å². The molecule has 6 nitrogen and oxygen atoms in total. The summed E-state index contributed by atoms with van der Waals surface area (Å²) in [5, 5.41) is 0. The van der Waals surface area contributed by atoms with Gasteiger partial charge in [0.05, 0.1) is 17.9 Å². The van der Waals surface area contributed by atoms with Crippen molar-refractivity contribution in [1.29, 1.82) is 0 Å². The molecule has 1 amide bonds. The predicted molar refractivity (Wildman–Crippen MR) is 81.3 cm³/mol. The molecule has 0 aliphatic heterocycles. The standard InChI is InChI=1S/C15H22N4O2/c1-9-12(14(20)19-15(16)17)7-10-5-3-4-6-11(8-21-2)13(10)18-9/h7,11H,3-6,8H2,1-2H3,(H4,16,17,19,20). The summed E-state index contributed by atoms with van der Waals surface area (Å²) in [7, 11) is 1.70. The first kappa shape index (κ1) is 15.4. The first-order chi connectivity index (χ1) is 10.0. The Balaban J connectivity index is 2.43. The van der Waals surface area contributed by atoms with Crippen LogP contribution in [0.4, 0.5) is 0 Å². The van der Waals surface area contributed by atoms with E-state index >= 15 is 0 Å². The van der Waals surface area contributed by atoms with E-state index in [9.17, 15) is 4.79 Å². The van der Waals surface area contributed by atoms with Gasteiger partial charge in [0.1, 0.15) is 0 Å². The minimum absolute atomic E-state index is 0.230. The third-order valence-corrected chi connectivity index (χ3v) is 3.79. The van der Waals surface area contributed by atoms with Gasteiger partial charge in [-0.3, -0.25) is 9.78 Å². The van der Waals surface area contributed by atoms with Crippen LogP contribution in [-0.4, -0.2) is 30.6 Å². The van der Waals surface area contributed by atoms with E-state index in [1.807, 2.05) is 13.0 Å². The van der Waals surface area contributed by atoms with Gasteiger partial charge < -0.3 is 16.2 Å². The second kappa shape index (κ2) is 6.67. The molecule has 114 valence electrons. The van der Waals surface area contributed by atoms with E-state index in [0.717, 1.165) is 36.9 Å². The number of amides is 1. The summed E-state index contributed by atoms with van der Waals surface area (Å²) in [6.07, 6.45) is 4.22. The van der Waals surface area contributed by atoms with Crippen LogP contribution in [0.15, 0.2) is 11.1 Å². The lowest BCUT2D eigenvalue weighted by molar-refractivity contribution is 0.100. The molecule has 4 N–H and O–H groups in total. The summed E-state index contributed by atoms with van der Waals surface area (Å²) in [4.78, 5) is 20.3. The number of carbonyl (C=O) groups is 1. The molecule has 0 aromatic carbocycles. The highest BCUT2D eigenvalue weighted by atomic mass is 16.5. The molecule has 1 unspecified atom stereocenters. The number of hydrogen-bond donors (Lipinski definition) is 2. The van der Waals surface area contributed by atoms with Crippen molar-refractivity contribution in [3.8, 4) is 0 Å². The fourth-order valence-corrected chi connectivity index (χ4v) is 2.82. The van der Waals surface area contributed by atoms with E-state index in [-0.39, 0.29) is 5.96 Å². The topological polar surface area (TPSA) is 104 Å². The minimum Gasteiger partial charge on any atom is -0.384 e. The molecule has 0 spiro atoms. The maximum absolute atomic E-state index is 12.0. The summed E-state index contributed by atoms with van der Waals surface area (Å²) >= 11 is 0. The molecule has 0 fully saturated rings. The van der Waals surface area contributed by atoms with Crippen molar-refractivity contribution in [2.24, 2.45) is 16.5 Å². The molecule has 2 rings (SSSR count). The van der Waals surface area contributed by atoms with Gasteiger partial charge in [0, 0.05) is 18.7 Å². The van der Waals surface area contributed by atoms with Gasteiger partial charge in [-0.15, -0.1) is 0 Å². The highest BCUT2D eigenvalue weighted by molar-refractivity contribution is 6.02. The normalized spacial score (nSPS) is 17.7. The van der Waals surface area contributed by atoms with Crippen molar-refractivity contribution in [2.75, 3.05) is 13.7 Å². The molecule has 0 saturated carbocycles. The van der Waals surface area contributed by atoms with Crippen molar-refractivity contribution in [3.63, 3.8) is 0 Å². The fourth-order valence-electron chi connectivity index (χ4n) is 2.82. The molecular formula is C15H22N4O2. The second-order valence-electron chi connectivity index (χ2n) is 5.41. The Morgan fingerprint density at radius 1 is 1.48 bits per heavy atom. The molecule has 1 aliphatic carbocycles. The van der Waals surface area contributed by atoms with Crippen molar-refractivity contribution in [1.82, 2.24) is 4.98 Å². The predicted octanol–water partition coefficient (Wildman–Crippen LogP) is 1.26. The lowest BCUT2D eigenvalue weighted by atomic mass is 9.96. The zero-order valence-electron chi connectivity index (χ0n) is 12.6. The maximum atomic E-state index is 12.0. The molecule has 0 radical (unpaired) electrons. The van der Waals surface area contributed by atoms with Crippen LogP contribution in [0.3, 0.4) is 0 Å². The molecular weight excluding hydrogens is 268 g/mol. The quantitative estimate of drug-likeness (QED) is 0.495. The Hall–Kier alpha value is -1.95. The van der Waals surface area contributed by atoms with Crippen molar-refractivity contribution < 1.29 is 9.53 Å². The van der Waals surface area contributed by atoms with Gasteiger partial charge in [0.15, 0.2) is 5.96 Å². The molecule has 0 bridgehead atoms. The van der Waals surface area contributed by atoms with Gasteiger partial charge in [0.25, 0.3) is 5.91 Å². The van der Waals surface area contributed by atoms with Crippen LogP contribution in [0, 0.1) is 6.92 Å². The Morgan fingerprint density at radius 2 is 2.24 bits per heavy atom. The summed E-state index contributed by atoms with van der Waals surface area (Å²) in [5.41, 5.74) is 13.8. The lowest BCUT2D eigenvalue weighted by Gasteiger charge is -2.17. The number of fused-ring (bicyclic) bond motifs is 1. The summed E-state index contributed by atoms with van der Waals surface area (Å²) in [6.45, 7) is 2.46. The number of methoxy groups -OCH3 is 1. The van der Waals surface area contributed by atoms with Gasteiger partial charge in [-0.25, -0.2) is 0 Å². The average molecular weight is 290 g/mol. The zero-order valence-corrected chi connectivity index (χ0v) is 12.6. The molecule has 1 aliphatic rings. The Labute approximate surface area is 124 Å². The molecule has 1 atom stereocenters. The first-order valence-corrected chi connectivity index (χ1v) is 7.16. The van der Waals surface area contributed by atoms with Crippen molar-refractivity contribution in [2.45, 2.75) is 38.5 Å². The number of aryl methyl sites for hydroxylation is 2. The van der Waals surface area contributed by atoms with Gasteiger partial charge in [-0.05, 0) is 37.8 Å². The molecule has 21 heavy (non-hydrogen) atoms. The smallest absolute Gasteiger partial charge is 0.282 e. The van der Waals surface area contributed by atoms with Crippen LogP contribution >= 0.6 is 0 Å². The van der Waals surface area contributed by atoms with Gasteiger partial charge in [0.2, 0.25) is 0 Å². The zero-order chi connectivity index (χ0) is 15.4. The van der Waals surface area contributed by atoms with Crippen LogP contribution in [0.1, 0.15) is 52.5 Å². The highest BCUT2D eigenvalue weighted by Crippen LogP contribution is 2.30. The number of guanidine groups is 1. The lowest BCUT2D eigenvalue weighted by Crippen LogP contribution is -2.24. The van der Waals surface area contributed by atoms with E-state index in [0.29, 0.717) is 23.8 Å². The van der Waals surface area contributed by atoms with Crippen LogP contribution in [0.25, 0.3) is 0 Å². The molecule has 1 aromatic rings. The van der Waals surface area contributed by atoms with Gasteiger partial charge in [-0.2, -0.15) is 4.99 Å². The van der Waals surface area contributed by atoms with Crippen molar-refractivity contribution >= 4 is 11.9 Å². The number of nitrogens with two attached hydrogens (primary N) is 2. The van der Waals surface area contributed by atoms with Crippen LogP contribution in [0.5, 0.6) is 0 Å². The third kappa shape index (κ3) is 3.58. The average Bonchev–Trinajstić information content (AvgIpc) is 2.60. The number of aliphatic imine (C=N–C) groups is 1. The summed E-state index contributed by atoms with van der Waals surface area (Å²) in [6, 6.07) is 1.89. The fraction of sp³-hybridized carbons (Fsp3) is 0.533. The number of hydrogen-bond acceptors (Lipinski definition) is 3.